The predicted octanol–water partition coefficient (Wildman–Crippen LogP) is 5.55. The van der Waals surface area contributed by atoms with Crippen LogP contribution in [0.1, 0.15) is 52.5 Å². The maximum atomic E-state index is 10.5. The molecule has 35 heavy (non-hydrogen) atoms. The van der Waals surface area contributed by atoms with Crippen LogP contribution in [-0.4, -0.2) is 20.0 Å². The highest BCUT2D eigenvalue weighted by molar-refractivity contribution is 5.33. The Bertz CT molecular complexity index is 1230. The number of hydrogen-bond donors (Lipinski definition) is 2. The van der Waals surface area contributed by atoms with Crippen LogP contribution in [-0.2, 0) is 32.6 Å². The molecule has 5 heteroatoms. The lowest BCUT2D eigenvalue weighted by atomic mass is 9.90. The van der Waals surface area contributed by atoms with Gasteiger partial charge in [-0.1, -0.05) is 54.6 Å². The summed E-state index contributed by atoms with van der Waals surface area (Å²) in [4.78, 5) is 11.6. The smallest absolute Gasteiger partial charge is 0.120 e. The number of aromatic hydroxyl groups is 1. The first kappa shape index (κ1) is 23.2. The minimum absolute atomic E-state index is 0.235. The number of para-hydroxylation sites is 1. The van der Waals surface area contributed by atoms with Gasteiger partial charge >= 0.3 is 0 Å². The van der Waals surface area contributed by atoms with Gasteiger partial charge in [0.25, 0.3) is 0 Å². The van der Waals surface area contributed by atoms with Crippen molar-refractivity contribution in [1.82, 2.24) is 20.2 Å². The van der Waals surface area contributed by atoms with E-state index in [4.69, 9.17) is 4.98 Å². The predicted molar refractivity (Wildman–Crippen MR) is 138 cm³/mol. The lowest BCUT2D eigenvalue weighted by Gasteiger charge is -2.35. The van der Waals surface area contributed by atoms with Crippen molar-refractivity contribution in [3.05, 3.63) is 125 Å². The van der Waals surface area contributed by atoms with Crippen molar-refractivity contribution in [1.29, 1.82) is 0 Å². The highest BCUT2D eigenvalue weighted by atomic mass is 16.3. The van der Waals surface area contributed by atoms with Crippen LogP contribution in [0.5, 0.6) is 5.75 Å². The fourth-order valence-electron chi connectivity index (χ4n) is 4.91. The van der Waals surface area contributed by atoms with Crippen molar-refractivity contribution in [2.24, 2.45) is 0 Å². The summed E-state index contributed by atoms with van der Waals surface area (Å²) in [5, 5.41) is 13.9. The minimum Gasteiger partial charge on any atom is -0.508 e. The molecular weight excluding hydrogens is 432 g/mol. The molecule has 5 nitrogen and oxygen atoms in total. The molecule has 1 atom stereocenters. The van der Waals surface area contributed by atoms with Crippen LogP contribution >= 0.6 is 0 Å². The summed E-state index contributed by atoms with van der Waals surface area (Å²) >= 11 is 0. The van der Waals surface area contributed by atoms with Gasteiger partial charge in [-0.3, -0.25) is 14.9 Å². The number of hydrogen-bond acceptors (Lipinski definition) is 5. The molecule has 0 amide bonds. The number of benzene rings is 2. The van der Waals surface area contributed by atoms with E-state index in [1.807, 2.05) is 54.9 Å². The first-order valence-electron chi connectivity index (χ1n) is 12.4. The van der Waals surface area contributed by atoms with Crippen molar-refractivity contribution < 1.29 is 5.11 Å². The summed E-state index contributed by atoms with van der Waals surface area (Å²) in [6.45, 7) is 3.04. The Morgan fingerprint density at radius 2 is 1.60 bits per heavy atom. The highest BCUT2D eigenvalue weighted by Gasteiger charge is 2.27. The van der Waals surface area contributed by atoms with E-state index in [0.717, 1.165) is 50.2 Å². The third-order valence-electron chi connectivity index (χ3n) is 6.74. The fourth-order valence-corrected chi connectivity index (χ4v) is 4.91. The third-order valence-corrected chi connectivity index (χ3v) is 6.74. The number of phenols is 1. The summed E-state index contributed by atoms with van der Waals surface area (Å²) < 4.78 is 0. The molecule has 0 saturated carbocycles. The summed E-state index contributed by atoms with van der Waals surface area (Å²) in [7, 11) is 0. The molecule has 4 aromatic rings. The van der Waals surface area contributed by atoms with E-state index >= 15 is 0 Å². The first-order chi connectivity index (χ1) is 17.3. The normalized spacial score (nSPS) is 15.2. The zero-order valence-electron chi connectivity index (χ0n) is 20.0. The number of phenolic OH excluding ortho intramolecular Hbond substituents is 1. The molecule has 2 aromatic carbocycles. The van der Waals surface area contributed by atoms with Gasteiger partial charge in [0.05, 0.1) is 17.4 Å². The summed E-state index contributed by atoms with van der Waals surface area (Å²) in [5.41, 5.74) is 7.04. The van der Waals surface area contributed by atoms with Crippen LogP contribution in [0.3, 0.4) is 0 Å². The molecular formula is C30H32N4O. The average molecular weight is 465 g/mol. The van der Waals surface area contributed by atoms with Crippen molar-refractivity contribution in [2.45, 2.75) is 51.5 Å². The molecule has 1 unspecified atom stereocenters. The van der Waals surface area contributed by atoms with Gasteiger partial charge in [-0.15, -0.1) is 0 Å². The molecule has 2 aromatic heterocycles. The van der Waals surface area contributed by atoms with Crippen molar-refractivity contribution in [3.63, 3.8) is 0 Å². The summed E-state index contributed by atoms with van der Waals surface area (Å²) in [6, 6.07) is 27.0. The Labute approximate surface area is 207 Å². The number of pyridine rings is 2. The van der Waals surface area contributed by atoms with E-state index in [0.29, 0.717) is 12.3 Å². The molecule has 1 aliphatic rings. The molecule has 2 N–H and O–H groups in total. The number of rotatable bonds is 9. The standard InChI is InChI=1S/C30H32N4O/c35-29-12-2-1-7-26(29)22-34(28-11-5-8-25-9-6-18-33-30(25)28)21-24-15-13-23(14-16-24)19-31-20-27-10-3-4-17-32-27/h1-4,6-7,9-10,12-18,28,31,35H,5,8,11,19-22H2. The molecule has 5 rings (SSSR count). The van der Waals surface area contributed by atoms with E-state index in [-0.39, 0.29) is 6.04 Å². The van der Waals surface area contributed by atoms with Gasteiger partial charge in [0, 0.05) is 44.1 Å². The van der Waals surface area contributed by atoms with Crippen LogP contribution in [0.2, 0.25) is 0 Å². The molecule has 0 fully saturated rings. The zero-order valence-corrected chi connectivity index (χ0v) is 20.0. The molecule has 1 aliphatic carbocycles. The second-order valence-electron chi connectivity index (χ2n) is 9.23. The Kier molecular flexibility index (Phi) is 7.47. The van der Waals surface area contributed by atoms with E-state index in [1.54, 1.807) is 6.07 Å². The second-order valence-corrected chi connectivity index (χ2v) is 9.23. The number of nitrogens with zero attached hydrogens (tertiary/aromatic N) is 3. The number of fused-ring (bicyclic) bond motifs is 1. The quantitative estimate of drug-likeness (QED) is 0.340. The molecule has 0 saturated heterocycles. The monoisotopic (exact) mass is 464 g/mol. The largest absolute Gasteiger partial charge is 0.508 e. The molecule has 0 radical (unpaired) electrons. The van der Waals surface area contributed by atoms with Gasteiger partial charge in [0.2, 0.25) is 0 Å². The van der Waals surface area contributed by atoms with Crippen molar-refractivity contribution >= 4 is 0 Å². The Balaban J connectivity index is 1.30. The van der Waals surface area contributed by atoms with E-state index in [1.165, 1.54) is 22.4 Å². The Morgan fingerprint density at radius 1 is 0.800 bits per heavy atom. The highest BCUT2D eigenvalue weighted by Crippen LogP contribution is 2.35. The van der Waals surface area contributed by atoms with Crippen LogP contribution in [0.4, 0.5) is 0 Å². The number of nitrogens with one attached hydrogen (secondary N) is 1. The number of aromatic nitrogens is 2. The molecule has 0 aliphatic heterocycles. The van der Waals surface area contributed by atoms with Gasteiger partial charge < -0.3 is 10.4 Å². The SMILES string of the molecule is Oc1ccccc1CN(Cc1ccc(CNCc2ccccn2)cc1)C1CCCc2cccnc21. The van der Waals surface area contributed by atoms with Crippen molar-refractivity contribution in [3.8, 4) is 5.75 Å². The van der Waals surface area contributed by atoms with Crippen LogP contribution in [0, 0.1) is 0 Å². The van der Waals surface area contributed by atoms with Crippen LogP contribution < -0.4 is 5.32 Å². The lowest BCUT2D eigenvalue weighted by molar-refractivity contribution is 0.155. The summed E-state index contributed by atoms with van der Waals surface area (Å²) in [6.07, 6.45) is 7.05. The Hall–Kier alpha value is -3.54. The van der Waals surface area contributed by atoms with E-state index < -0.39 is 0 Å². The van der Waals surface area contributed by atoms with Gasteiger partial charge in [0.15, 0.2) is 0 Å². The minimum atomic E-state index is 0.235. The maximum absolute atomic E-state index is 10.5. The van der Waals surface area contributed by atoms with Gasteiger partial charge in [0.1, 0.15) is 5.75 Å². The summed E-state index contributed by atoms with van der Waals surface area (Å²) in [5.74, 6) is 0.351. The molecule has 2 heterocycles. The van der Waals surface area contributed by atoms with Crippen LogP contribution in [0.15, 0.2) is 91.3 Å². The molecule has 178 valence electrons. The first-order valence-corrected chi connectivity index (χ1v) is 12.4. The van der Waals surface area contributed by atoms with E-state index in [9.17, 15) is 5.11 Å². The third kappa shape index (κ3) is 5.94. The van der Waals surface area contributed by atoms with Gasteiger partial charge in [-0.25, -0.2) is 0 Å². The average Bonchev–Trinajstić information content (AvgIpc) is 2.91. The van der Waals surface area contributed by atoms with E-state index in [2.05, 4.69) is 45.5 Å². The van der Waals surface area contributed by atoms with Gasteiger partial charge in [-0.2, -0.15) is 0 Å². The van der Waals surface area contributed by atoms with Gasteiger partial charge in [-0.05, 0) is 60.2 Å². The number of aryl methyl sites for hydroxylation is 1. The zero-order chi connectivity index (χ0) is 23.9. The molecule has 0 bridgehead atoms. The lowest BCUT2D eigenvalue weighted by Crippen LogP contribution is -2.31. The van der Waals surface area contributed by atoms with Crippen LogP contribution in [0.25, 0.3) is 0 Å². The van der Waals surface area contributed by atoms with Crippen molar-refractivity contribution in [2.75, 3.05) is 0 Å². The second kappa shape index (κ2) is 11.3. The molecule has 0 spiro atoms. The fraction of sp³-hybridized carbons (Fsp3) is 0.267. The Morgan fingerprint density at radius 3 is 2.43 bits per heavy atom. The maximum Gasteiger partial charge on any atom is 0.120 e. The topological polar surface area (TPSA) is 61.3 Å².